The number of aromatic amines is 1. The van der Waals surface area contributed by atoms with Crippen molar-refractivity contribution < 1.29 is 18.0 Å². The van der Waals surface area contributed by atoms with Crippen LogP contribution in [0.5, 0.6) is 0 Å². The lowest BCUT2D eigenvalue weighted by atomic mass is 9.79. The molecule has 8 heteroatoms. The number of piperidine rings is 1. The Hall–Kier alpha value is -2.35. The maximum absolute atomic E-state index is 12.8. The number of benzene rings is 1. The molecular weight excluding hydrogens is 405 g/mol. The Bertz CT molecular complexity index is 922. The number of likely N-dealkylation sites (tertiary alicyclic amines) is 2. The molecule has 4 rings (SSSR count). The number of nitrogens with zero attached hydrogens (tertiary/aromatic N) is 3. The largest absolute Gasteiger partial charge is 0.432 e. The van der Waals surface area contributed by atoms with E-state index in [4.69, 9.17) is 0 Å². The molecule has 1 spiro atoms. The standard InChI is InChI=1S/C23H29F3N4O/c1-16(2)18-6-4-17(5-7-18)13-29-10-3-8-22(14-29)9-11-30(15-22)21(31)19-12-20(28-27-19)23(24,25)26/h4-7,12,16H,3,8-11,13-15H2,1-2H3,(H,27,28). The lowest BCUT2D eigenvalue weighted by Gasteiger charge is -2.40. The number of nitrogens with one attached hydrogen (secondary N) is 1. The second-order valence-electron chi connectivity index (χ2n) is 9.35. The van der Waals surface area contributed by atoms with Gasteiger partial charge in [0.1, 0.15) is 5.69 Å². The van der Waals surface area contributed by atoms with Crippen molar-refractivity contribution in [2.75, 3.05) is 26.2 Å². The van der Waals surface area contributed by atoms with Crippen LogP contribution in [0, 0.1) is 5.41 Å². The molecule has 5 nitrogen and oxygen atoms in total. The second-order valence-corrected chi connectivity index (χ2v) is 9.35. The third-order valence-electron chi connectivity index (χ3n) is 6.62. The van der Waals surface area contributed by atoms with Crippen LogP contribution in [0.3, 0.4) is 0 Å². The first-order valence-corrected chi connectivity index (χ1v) is 10.9. The normalized spacial score (nSPS) is 22.6. The van der Waals surface area contributed by atoms with Crippen molar-refractivity contribution in [1.29, 1.82) is 0 Å². The summed E-state index contributed by atoms with van der Waals surface area (Å²) in [5, 5.41) is 5.54. The van der Waals surface area contributed by atoms with Gasteiger partial charge in [0.05, 0.1) is 0 Å². The SMILES string of the molecule is CC(C)c1ccc(CN2CCCC3(CCN(C(=O)c4cc(C(F)(F)F)[nH]n4)C3)C2)cc1. The van der Waals surface area contributed by atoms with Crippen molar-refractivity contribution in [2.24, 2.45) is 5.41 Å². The summed E-state index contributed by atoms with van der Waals surface area (Å²) in [7, 11) is 0. The van der Waals surface area contributed by atoms with E-state index in [1.807, 2.05) is 5.10 Å². The predicted molar refractivity (Wildman–Crippen MR) is 112 cm³/mol. The van der Waals surface area contributed by atoms with Gasteiger partial charge in [-0.2, -0.15) is 18.3 Å². The first-order chi connectivity index (χ1) is 14.7. The van der Waals surface area contributed by atoms with Crippen molar-refractivity contribution in [1.82, 2.24) is 20.0 Å². The number of aromatic nitrogens is 2. The van der Waals surface area contributed by atoms with E-state index in [9.17, 15) is 18.0 Å². The third kappa shape index (κ3) is 4.79. The summed E-state index contributed by atoms with van der Waals surface area (Å²) in [6.07, 6.45) is -1.56. The fraction of sp³-hybridized carbons (Fsp3) is 0.565. The molecule has 0 aliphatic carbocycles. The van der Waals surface area contributed by atoms with Crippen molar-refractivity contribution in [2.45, 2.75) is 51.7 Å². The van der Waals surface area contributed by atoms with Gasteiger partial charge in [0.15, 0.2) is 5.69 Å². The molecule has 168 valence electrons. The van der Waals surface area contributed by atoms with Gasteiger partial charge in [0.25, 0.3) is 5.91 Å². The number of halogens is 3. The molecule has 2 saturated heterocycles. The number of carbonyl (C=O) groups is 1. The number of hydrogen-bond donors (Lipinski definition) is 1. The molecule has 1 atom stereocenters. The molecule has 1 N–H and O–H groups in total. The third-order valence-corrected chi connectivity index (χ3v) is 6.62. The zero-order valence-corrected chi connectivity index (χ0v) is 18.0. The zero-order chi connectivity index (χ0) is 22.2. The monoisotopic (exact) mass is 434 g/mol. The molecule has 3 heterocycles. The Balaban J connectivity index is 1.38. The molecule has 31 heavy (non-hydrogen) atoms. The van der Waals surface area contributed by atoms with E-state index in [0.29, 0.717) is 19.0 Å². The number of amides is 1. The average molecular weight is 435 g/mol. The lowest BCUT2D eigenvalue weighted by molar-refractivity contribution is -0.141. The minimum atomic E-state index is -4.53. The van der Waals surface area contributed by atoms with Crippen LogP contribution in [-0.2, 0) is 12.7 Å². The average Bonchev–Trinajstić information content (AvgIpc) is 3.36. The number of hydrogen-bond acceptors (Lipinski definition) is 3. The van der Waals surface area contributed by atoms with Crippen LogP contribution in [0.15, 0.2) is 30.3 Å². The zero-order valence-electron chi connectivity index (χ0n) is 18.0. The van der Waals surface area contributed by atoms with Gasteiger partial charge >= 0.3 is 6.18 Å². The Morgan fingerprint density at radius 1 is 1.16 bits per heavy atom. The van der Waals surface area contributed by atoms with Gasteiger partial charge in [-0.1, -0.05) is 38.1 Å². The van der Waals surface area contributed by atoms with Crippen LogP contribution in [0.1, 0.15) is 66.3 Å². The van der Waals surface area contributed by atoms with Gasteiger partial charge in [-0.3, -0.25) is 14.8 Å². The van der Waals surface area contributed by atoms with Crippen LogP contribution in [-0.4, -0.2) is 52.1 Å². The highest BCUT2D eigenvalue weighted by atomic mass is 19.4. The topological polar surface area (TPSA) is 52.2 Å². The first-order valence-electron chi connectivity index (χ1n) is 10.9. The molecule has 2 fully saturated rings. The summed E-state index contributed by atoms with van der Waals surface area (Å²) in [6, 6.07) is 9.57. The van der Waals surface area contributed by atoms with E-state index in [-0.39, 0.29) is 11.1 Å². The molecular formula is C23H29F3N4O. The summed E-state index contributed by atoms with van der Waals surface area (Å²) >= 11 is 0. The number of rotatable bonds is 4. The van der Waals surface area contributed by atoms with Gasteiger partial charge in [0.2, 0.25) is 0 Å². The maximum Gasteiger partial charge on any atom is 0.432 e. The molecule has 0 radical (unpaired) electrons. The molecule has 1 amide bonds. The molecule has 2 aliphatic rings. The number of alkyl halides is 3. The first kappa shape index (κ1) is 21.9. The van der Waals surface area contributed by atoms with E-state index in [2.05, 4.69) is 48.1 Å². The van der Waals surface area contributed by atoms with Crippen molar-refractivity contribution in [3.8, 4) is 0 Å². The number of carbonyl (C=O) groups excluding carboxylic acids is 1. The summed E-state index contributed by atoms with van der Waals surface area (Å²) in [4.78, 5) is 16.8. The summed E-state index contributed by atoms with van der Waals surface area (Å²) in [6.45, 7) is 8.30. The van der Waals surface area contributed by atoms with E-state index in [0.717, 1.165) is 45.0 Å². The molecule has 0 bridgehead atoms. The van der Waals surface area contributed by atoms with Crippen LogP contribution < -0.4 is 0 Å². The highest BCUT2D eigenvalue weighted by Gasteiger charge is 2.43. The van der Waals surface area contributed by atoms with Gasteiger partial charge in [-0.15, -0.1) is 0 Å². The van der Waals surface area contributed by atoms with Gasteiger partial charge in [0, 0.05) is 37.7 Å². The van der Waals surface area contributed by atoms with E-state index in [1.54, 1.807) is 4.90 Å². The Labute approximate surface area is 180 Å². The van der Waals surface area contributed by atoms with Crippen molar-refractivity contribution in [3.63, 3.8) is 0 Å². The van der Waals surface area contributed by atoms with Crippen LogP contribution in [0.25, 0.3) is 0 Å². The van der Waals surface area contributed by atoms with Gasteiger partial charge in [-0.25, -0.2) is 0 Å². The summed E-state index contributed by atoms with van der Waals surface area (Å²) in [5.41, 5.74) is 1.47. The highest BCUT2D eigenvalue weighted by Crippen LogP contribution is 2.40. The highest BCUT2D eigenvalue weighted by molar-refractivity contribution is 5.92. The Kier molecular flexibility index (Phi) is 5.85. The van der Waals surface area contributed by atoms with Crippen molar-refractivity contribution >= 4 is 5.91 Å². The lowest BCUT2D eigenvalue weighted by Crippen LogP contribution is -2.45. The van der Waals surface area contributed by atoms with Crippen LogP contribution in [0.2, 0.25) is 0 Å². The predicted octanol–water partition coefficient (Wildman–Crippen LogP) is 4.68. The molecule has 0 saturated carbocycles. The summed E-state index contributed by atoms with van der Waals surface area (Å²) < 4.78 is 38.4. The van der Waals surface area contributed by atoms with Crippen LogP contribution >= 0.6 is 0 Å². The maximum atomic E-state index is 12.8. The van der Waals surface area contributed by atoms with E-state index in [1.165, 1.54) is 11.1 Å². The minimum absolute atomic E-state index is 0.00888. The minimum Gasteiger partial charge on any atom is -0.337 e. The fourth-order valence-corrected chi connectivity index (χ4v) is 4.89. The van der Waals surface area contributed by atoms with Crippen LogP contribution in [0.4, 0.5) is 13.2 Å². The molecule has 1 aromatic carbocycles. The smallest absolute Gasteiger partial charge is 0.337 e. The van der Waals surface area contributed by atoms with E-state index >= 15 is 0 Å². The second kappa shape index (κ2) is 8.30. The molecule has 2 aliphatic heterocycles. The quantitative estimate of drug-likeness (QED) is 0.760. The van der Waals surface area contributed by atoms with Gasteiger partial charge in [-0.05, 0) is 42.9 Å². The summed E-state index contributed by atoms with van der Waals surface area (Å²) in [5.74, 6) is 0.0843. The number of H-pyrrole nitrogens is 1. The Morgan fingerprint density at radius 3 is 2.55 bits per heavy atom. The van der Waals surface area contributed by atoms with E-state index < -0.39 is 17.8 Å². The molecule has 1 unspecified atom stereocenters. The Morgan fingerprint density at radius 2 is 1.90 bits per heavy atom. The molecule has 2 aromatic rings. The fourth-order valence-electron chi connectivity index (χ4n) is 4.89. The van der Waals surface area contributed by atoms with Gasteiger partial charge < -0.3 is 4.90 Å². The molecule has 1 aromatic heterocycles. The van der Waals surface area contributed by atoms with Crippen molar-refractivity contribution in [3.05, 3.63) is 52.8 Å².